The monoisotopic (exact) mass is 935 g/mol. The summed E-state index contributed by atoms with van der Waals surface area (Å²) in [7, 11) is 0. The van der Waals surface area contributed by atoms with Crippen molar-refractivity contribution in [3.05, 3.63) is 138 Å². The van der Waals surface area contributed by atoms with Crippen molar-refractivity contribution in [1.82, 2.24) is 25.0 Å². The number of carbonyl (C=O) groups excluding carboxylic acids is 4. The van der Waals surface area contributed by atoms with E-state index in [2.05, 4.69) is 32.8 Å². The quantitative estimate of drug-likeness (QED) is 0.0455. The van der Waals surface area contributed by atoms with Gasteiger partial charge in [-0.25, -0.2) is 9.59 Å². The highest BCUT2D eigenvalue weighted by Gasteiger charge is 2.40. The minimum atomic E-state index is -1.35. The molecule has 69 heavy (non-hydrogen) atoms. The Balaban J connectivity index is 1.07. The summed E-state index contributed by atoms with van der Waals surface area (Å²) in [6.07, 6.45) is 3.64. The number of benzene rings is 5. The predicted molar refractivity (Wildman–Crippen MR) is 262 cm³/mol. The van der Waals surface area contributed by atoms with Crippen molar-refractivity contribution in [3.63, 3.8) is 0 Å². The number of nitrogens with zero attached hydrogens (tertiary/aromatic N) is 3. The Labute approximate surface area is 399 Å². The first-order chi connectivity index (χ1) is 33.5. The van der Waals surface area contributed by atoms with Gasteiger partial charge in [0.2, 0.25) is 11.8 Å². The van der Waals surface area contributed by atoms with Crippen LogP contribution in [0, 0.1) is 0 Å². The van der Waals surface area contributed by atoms with Crippen LogP contribution in [0.3, 0.4) is 0 Å². The SMILES string of the molecule is CCCCCCOc1ccc(Cn2c3cc(NC(=O)[C@@H]4CCCN4C(=O)C(NC(=O)O)c4ccccc4)ccc3c3ccc(NC(=O)[C@@H]4CCCN4C(=O)C(NC(=O)O)c4ccccc4)cc32)cc1. The highest BCUT2D eigenvalue weighted by atomic mass is 16.5. The van der Waals surface area contributed by atoms with Gasteiger partial charge in [0.1, 0.15) is 29.9 Å². The van der Waals surface area contributed by atoms with Gasteiger partial charge in [-0.2, -0.15) is 0 Å². The topological polar surface area (TPSA) is 212 Å². The molecule has 0 aliphatic carbocycles. The van der Waals surface area contributed by atoms with Crippen molar-refractivity contribution in [1.29, 1.82) is 0 Å². The van der Waals surface area contributed by atoms with E-state index in [1.165, 1.54) is 9.80 Å². The number of anilines is 2. The molecule has 358 valence electrons. The molecule has 0 spiro atoms. The van der Waals surface area contributed by atoms with Gasteiger partial charge < -0.3 is 50.6 Å². The van der Waals surface area contributed by atoms with Crippen LogP contribution < -0.4 is 26.0 Å². The molecule has 0 saturated carbocycles. The number of nitrogens with one attached hydrogen (secondary N) is 4. The Kier molecular flexibility index (Phi) is 15.1. The molecule has 16 nitrogen and oxygen atoms in total. The molecule has 0 bridgehead atoms. The predicted octanol–water partition coefficient (Wildman–Crippen LogP) is 8.68. The van der Waals surface area contributed by atoms with E-state index in [4.69, 9.17) is 4.74 Å². The summed E-state index contributed by atoms with van der Waals surface area (Å²) in [6, 6.07) is 32.2. The fourth-order valence-corrected chi connectivity index (χ4v) is 9.52. The summed E-state index contributed by atoms with van der Waals surface area (Å²) < 4.78 is 8.14. The van der Waals surface area contributed by atoms with Gasteiger partial charge in [0.25, 0.3) is 11.8 Å². The number of amides is 6. The second-order valence-corrected chi connectivity index (χ2v) is 17.5. The van der Waals surface area contributed by atoms with Crippen LogP contribution in [0.15, 0.2) is 121 Å². The fraction of sp³-hybridized carbons (Fsp3) is 0.321. The maximum atomic E-state index is 14.1. The average Bonchev–Trinajstić information content (AvgIpc) is 4.12. The first-order valence-corrected chi connectivity index (χ1v) is 23.6. The van der Waals surface area contributed by atoms with Crippen molar-refractivity contribution in [2.45, 2.75) is 89.0 Å². The number of hydrogen-bond donors (Lipinski definition) is 6. The second-order valence-electron chi connectivity index (χ2n) is 17.5. The lowest BCUT2D eigenvalue weighted by Gasteiger charge is -2.28. The molecular formula is C53H57N7O9. The van der Waals surface area contributed by atoms with Crippen LogP contribution in [0.4, 0.5) is 21.0 Å². The molecule has 16 heteroatoms. The van der Waals surface area contributed by atoms with E-state index in [9.17, 15) is 39.0 Å². The van der Waals surface area contributed by atoms with Crippen molar-refractivity contribution in [3.8, 4) is 5.75 Å². The normalized spacial score (nSPS) is 16.5. The van der Waals surface area contributed by atoms with E-state index in [0.29, 0.717) is 74.4 Å². The Morgan fingerprint density at radius 3 is 1.54 bits per heavy atom. The Morgan fingerprint density at radius 2 is 1.09 bits per heavy atom. The number of unbranched alkanes of at least 4 members (excludes halogenated alkanes) is 3. The zero-order chi connectivity index (χ0) is 48.4. The number of rotatable bonds is 18. The summed E-state index contributed by atoms with van der Waals surface area (Å²) >= 11 is 0. The number of hydrogen-bond acceptors (Lipinski definition) is 7. The first kappa shape index (κ1) is 47.6. The molecule has 2 unspecified atom stereocenters. The molecule has 3 heterocycles. The third-order valence-corrected chi connectivity index (χ3v) is 12.9. The van der Waals surface area contributed by atoms with Gasteiger partial charge in [0.05, 0.1) is 17.6 Å². The molecule has 0 radical (unpaired) electrons. The molecular weight excluding hydrogens is 879 g/mol. The Hall–Kier alpha value is -7.88. The smallest absolute Gasteiger partial charge is 0.405 e. The van der Waals surface area contributed by atoms with Crippen LogP contribution in [0.25, 0.3) is 21.8 Å². The highest BCUT2D eigenvalue weighted by molar-refractivity contribution is 6.11. The highest BCUT2D eigenvalue weighted by Crippen LogP contribution is 2.35. The minimum absolute atomic E-state index is 0.293. The van der Waals surface area contributed by atoms with Crippen molar-refractivity contribution in [2.75, 3.05) is 30.3 Å². The van der Waals surface area contributed by atoms with Crippen molar-refractivity contribution >= 4 is 69.0 Å². The summed E-state index contributed by atoms with van der Waals surface area (Å²) in [6.45, 7) is 3.81. The lowest BCUT2D eigenvalue weighted by atomic mass is 10.0. The molecule has 4 atom stereocenters. The summed E-state index contributed by atoms with van der Waals surface area (Å²) in [5.74, 6) is -1.03. The molecule has 2 aliphatic heterocycles. The lowest BCUT2D eigenvalue weighted by molar-refractivity contribution is -0.138. The van der Waals surface area contributed by atoms with E-state index in [0.717, 1.165) is 58.8 Å². The number of carbonyl (C=O) groups is 6. The van der Waals surface area contributed by atoms with Gasteiger partial charge in [0, 0.05) is 41.8 Å². The molecule has 1 aromatic heterocycles. The summed E-state index contributed by atoms with van der Waals surface area (Å²) in [5.41, 5.74) is 4.50. The van der Waals surface area contributed by atoms with Crippen LogP contribution in [0.1, 0.15) is 87.1 Å². The van der Waals surface area contributed by atoms with E-state index < -0.39 is 60.0 Å². The fourth-order valence-electron chi connectivity index (χ4n) is 9.52. The number of likely N-dealkylation sites (tertiary alicyclic amines) is 2. The molecule has 2 saturated heterocycles. The summed E-state index contributed by atoms with van der Waals surface area (Å²) in [4.78, 5) is 82.5. The third-order valence-electron chi connectivity index (χ3n) is 12.9. The van der Waals surface area contributed by atoms with Gasteiger partial charge in [0.15, 0.2) is 0 Å². The maximum absolute atomic E-state index is 14.1. The Bertz CT molecular complexity index is 2660. The van der Waals surface area contributed by atoms with E-state index in [-0.39, 0.29) is 0 Å². The lowest BCUT2D eigenvalue weighted by Crippen LogP contribution is -2.48. The second kappa shape index (κ2) is 21.8. The first-order valence-electron chi connectivity index (χ1n) is 23.6. The zero-order valence-corrected chi connectivity index (χ0v) is 38.4. The number of carboxylic acid groups (broad SMARTS) is 2. The van der Waals surface area contributed by atoms with Crippen LogP contribution in [-0.2, 0) is 25.7 Å². The Morgan fingerprint density at radius 1 is 0.609 bits per heavy atom. The van der Waals surface area contributed by atoms with E-state index >= 15 is 0 Å². The zero-order valence-electron chi connectivity index (χ0n) is 38.4. The van der Waals surface area contributed by atoms with Gasteiger partial charge in [-0.05, 0) is 85.2 Å². The van der Waals surface area contributed by atoms with E-state index in [1.54, 1.807) is 72.8 Å². The molecule has 6 N–H and O–H groups in total. The minimum Gasteiger partial charge on any atom is -0.494 e. The average molecular weight is 936 g/mol. The molecule has 2 aliphatic rings. The van der Waals surface area contributed by atoms with Gasteiger partial charge in [-0.1, -0.05) is 111 Å². The molecule has 6 amide bonds. The van der Waals surface area contributed by atoms with Crippen molar-refractivity contribution < 1.29 is 43.7 Å². The third kappa shape index (κ3) is 11.1. The summed E-state index contributed by atoms with van der Waals surface area (Å²) in [5, 5.41) is 31.7. The van der Waals surface area contributed by atoms with Gasteiger partial charge >= 0.3 is 12.2 Å². The van der Waals surface area contributed by atoms with Crippen LogP contribution >= 0.6 is 0 Å². The van der Waals surface area contributed by atoms with Crippen molar-refractivity contribution in [2.24, 2.45) is 0 Å². The maximum Gasteiger partial charge on any atom is 0.405 e. The molecule has 5 aromatic carbocycles. The molecule has 8 rings (SSSR count). The largest absolute Gasteiger partial charge is 0.494 e. The standard InChI is InChI=1S/C53H57N7O9/c1-2-3-4-11-30-69-39-24-20-34(21-25-39)33-60-44-31-37(54-48(61)42-18-12-28-58(42)50(63)46(56-52(65)66)35-14-7-5-8-15-35)22-26-40(44)41-27-23-38(32-45(41)60)55-49(62)43-19-13-29-59(43)51(64)47(57-53(67)68)36-16-9-6-10-17-36/h5-10,14-17,20-27,31-32,42-43,46-47,56-57H,2-4,11-13,18-19,28-30,33H2,1H3,(H,54,61)(H,55,62)(H,65,66)(H,67,68)/t42-,43-,46?,47?/m0/s1. The van der Waals surface area contributed by atoms with Crippen LogP contribution in [-0.4, -0.2) is 92.2 Å². The number of aromatic nitrogens is 1. The van der Waals surface area contributed by atoms with Gasteiger partial charge in [-0.3, -0.25) is 19.2 Å². The number of fused-ring (bicyclic) bond motifs is 3. The molecule has 2 fully saturated rings. The van der Waals surface area contributed by atoms with E-state index in [1.807, 2.05) is 48.5 Å². The van der Waals surface area contributed by atoms with Crippen LogP contribution in [0.2, 0.25) is 0 Å². The number of ether oxygens (including phenoxy) is 1. The molecule has 6 aromatic rings. The van der Waals surface area contributed by atoms with Crippen LogP contribution in [0.5, 0.6) is 5.75 Å². The van der Waals surface area contributed by atoms with Gasteiger partial charge in [-0.15, -0.1) is 0 Å².